The Morgan fingerprint density at radius 1 is 1.03 bits per heavy atom. The number of carboxylic acid groups (broad SMARTS) is 1. The number of carbonyl (C=O) groups excluding carboxylic acids is 1. The van der Waals surface area contributed by atoms with Crippen LogP contribution in [-0.2, 0) is 31.9 Å². The lowest BCUT2D eigenvalue weighted by Crippen LogP contribution is -2.60. The van der Waals surface area contributed by atoms with Crippen molar-refractivity contribution in [2.45, 2.75) is 94.9 Å². The van der Waals surface area contributed by atoms with E-state index < -0.39 is 42.6 Å². The Balaban J connectivity index is 1.26. The molecule has 0 aliphatic carbocycles. The summed E-state index contributed by atoms with van der Waals surface area (Å²) in [6.07, 6.45) is 0.129. The van der Waals surface area contributed by atoms with Gasteiger partial charge in [-0.1, -0.05) is 31.7 Å². The number of hydrogen-bond acceptors (Lipinski definition) is 9. The Morgan fingerprint density at radius 2 is 1.76 bits per heavy atom. The molecule has 184 valence electrons. The Labute approximate surface area is 192 Å². The highest BCUT2D eigenvalue weighted by molar-refractivity contribution is 5.73. The Kier molecular flexibility index (Phi) is 9.42. The lowest BCUT2D eigenvalue weighted by molar-refractivity contribution is -0.286. The van der Waals surface area contributed by atoms with E-state index in [1.165, 1.54) is 5.56 Å². The zero-order valence-electron chi connectivity index (χ0n) is 18.7. The van der Waals surface area contributed by atoms with E-state index in [4.69, 9.17) is 19.6 Å². The normalized spacial score (nSPS) is 26.8. The van der Waals surface area contributed by atoms with Gasteiger partial charge in [-0.05, 0) is 43.7 Å². The van der Waals surface area contributed by atoms with Crippen LogP contribution in [0.3, 0.4) is 0 Å². The third kappa shape index (κ3) is 7.10. The predicted octanol–water partition coefficient (Wildman–Crippen LogP) is 1.15. The van der Waals surface area contributed by atoms with Crippen molar-refractivity contribution in [2.24, 2.45) is 0 Å². The number of rotatable bonds is 11. The van der Waals surface area contributed by atoms with Gasteiger partial charge in [0.25, 0.3) is 0 Å². The molecule has 1 aromatic rings. The number of aliphatic carboxylic acids is 1. The average Bonchev–Trinajstić information content (AvgIpc) is 2.80. The number of ether oxygens (including phenoxy) is 2. The summed E-state index contributed by atoms with van der Waals surface area (Å²) < 4.78 is 9.92. The van der Waals surface area contributed by atoms with E-state index in [1.54, 1.807) is 0 Å². The highest BCUT2D eigenvalue weighted by Crippen LogP contribution is 2.23. The van der Waals surface area contributed by atoms with Crippen LogP contribution in [0.5, 0.6) is 0 Å². The van der Waals surface area contributed by atoms with Crippen LogP contribution in [0.2, 0.25) is 0 Å². The van der Waals surface area contributed by atoms with Crippen molar-refractivity contribution in [3.63, 3.8) is 0 Å². The second-order valence-electron chi connectivity index (χ2n) is 8.69. The number of aliphatic hydroxyl groups excluding tert-OH is 3. The number of fused-ring (bicyclic) bond motifs is 1. The molecule has 1 saturated heterocycles. The molecule has 10 nitrogen and oxygen atoms in total. The first-order chi connectivity index (χ1) is 15.9. The average molecular weight is 467 g/mol. The van der Waals surface area contributed by atoms with Gasteiger partial charge < -0.3 is 35.2 Å². The smallest absolute Gasteiger partial charge is 0.335 e. The number of carboxylic acids is 1. The molecule has 3 heterocycles. The van der Waals surface area contributed by atoms with Gasteiger partial charge in [0.1, 0.15) is 24.1 Å². The molecule has 0 spiro atoms. The molecule has 5 N–H and O–H groups in total. The van der Waals surface area contributed by atoms with Crippen molar-refractivity contribution in [2.75, 3.05) is 11.9 Å². The number of hydrogen-bond donors (Lipinski definition) is 5. The molecule has 3 rings (SSSR count). The molecule has 0 radical (unpaired) electrons. The molecule has 33 heavy (non-hydrogen) atoms. The van der Waals surface area contributed by atoms with E-state index in [0.717, 1.165) is 69.4 Å². The van der Waals surface area contributed by atoms with Gasteiger partial charge in [-0.2, -0.15) is 0 Å². The van der Waals surface area contributed by atoms with Crippen molar-refractivity contribution < 1.29 is 39.5 Å². The zero-order chi connectivity index (χ0) is 23.8. The number of esters is 1. The first kappa shape index (κ1) is 25.4. The molecule has 0 aromatic carbocycles. The van der Waals surface area contributed by atoms with Crippen molar-refractivity contribution in [1.82, 2.24) is 4.98 Å². The molecule has 2 aliphatic heterocycles. The number of aryl methyl sites for hydroxylation is 2. The fraction of sp³-hybridized carbons (Fsp3) is 0.696. The van der Waals surface area contributed by atoms with Gasteiger partial charge in [0.15, 0.2) is 6.10 Å². The van der Waals surface area contributed by atoms with Crippen molar-refractivity contribution >= 4 is 17.8 Å². The summed E-state index contributed by atoms with van der Waals surface area (Å²) in [7, 11) is 0. The minimum absolute atomic E-state index is 0.0923. The molecule has 0 amide bonds. The van der Waals surface area contributed by atoms with Crippen LogP contribution >= 0.6 is 0 Å². The van der Waals surface area contributed by atoms with E-state index in [9.17, 15) is 24.9 Å². The largest absolute Gasteiger partial charge is 0.479 e. The summed E-state index contributed by atoms with van der Waals surface area (Å²) in [5, 5.41) is 41.6. The minimum Gasteiger partial charge on any atom is -0.479 e. The Morgan fingerprint density at radius 3 is 2.52 bits per heavy atom. The number of nitrogens with zero attached hydrogens (tertiary/aromatic N) is 1. The quantitative estimate of drug-likeness (QED) is 0.236. The van der Waals surface area contributed by atoms with E-state index in [2.05, 4.69) is 17.4 Å². The summed E-state index contributed by atoms with van der Waals surface area (Å²) in [4.78, 5) is 27.8. The lowest BCUT2D eigenvalue weighted by atomic mass is 9.99. The van der Waals surface area contributed by atoms with Gasteiger partial charge in [0.05, 0.1) is 0 Å². The highest BCUT2D eigenvalue weighted by Gasteiger charge is 2.48. The molecule has 1 aromatic heterocycles. The maximum atomic E-state index is 12.0. The lowest BCUT2D eigenvalue weighted by Gasteiger charge is -2.37. The standard InChI is InChI=1S/C23H34N2O8/c26-16(32-23-19(29)17(27)18(28)20(33-23)22(30)31)10-6-4-2-1-3-5-9-15-12-11-14-8-7-13-24-21(14)25-15/h11-12,17-20,23,27-29H,1-10,13H2,(H,24,25)(H,30,31). The monoisotopic (exact) mass is 466 g/mol. The third-order valence-electron chi connectivity index (χ3n) is 6.08. The van der Waals surface area contributed by atoms with Crippen LogP contribution in [-0.4, -0.2) is 74.6 Å². The predicted molar refractivity (Wildman–Crippen MR) is 117 cm³/mol. The van der Waals surface area contributed by atoms with E-state index in [1.807, 2.05) is 0 Å². The molecular weight excluding hydrogens is 432 g/mol. The van der Waals surface area contributed by atoms with Gasteiger partial charge in [0.2, 0.25) is 6.29 Å². The number of aromatic nitrogens is 1. The molecule has 1 fully saturated rings. The highest BCUT2D eigenvalue weighted by atomic mass is 16.7. The zero-order valence-corrected chi connectivity index (χ0v) is 18.7. The molecule has 10 heteroatoms. The topological polar surface area (TPSA) is 158 Å². The van der Waals surface area contributed by atoms with Crippen molar-refractivity contribution in [3.05, 3.63) is 23.4 Å². The van der Waals surface area contributed by atoms with Gasteiger partial charge in [0, 0.05) is 18.7 Å². The first-order valence-corrected chi connectivity index (χ1v) is 11.7. The van der Waals surface area contributed by atoms with Crippen LogP contribution in [0.15, 0.2) is 12.1 Å². The summed E-state index contributed by atoms with van der Waals surface area (Å²) in [5.41, 5.74) is 2.41. The summed E-state index contributed by atoms with van der Waals surface area (Å²) >= 11 is 0. The maximum absolute atomic E-state index is 12.0. The number of nitrogens with one attached hydrogen (secondary N) is 1. The summed E-state index contributed by atoms with van der Waals surface area (Å²) in [6, 6.07) is 4.29. The maximum Gasteiger partial charge on any atom is 0.335 e. The van der Waals surface area contributed by atoms with Crippen LogP contribution in [0.25, 0.3) is 0 Å². The van der Waals surface area contributed by atoms with Crippen LogP contribution in [0.1, 0.15) is 62.6 Å². The molecule has 5 atom stereocenters. The third-order valence-corrected chi connectivity index (χ3v) is 6.08. The SMILES string of the molecule is O=C(CCCCCCCCc1ccc2c(n1)NCCC2)OC1OC(C(=O)O)C(O)C(O)C1O. The second-order valence-corrected chi connectivity index (χ2v) is 8.69. The molecular formula is C23H34N2O8. The Bertz CT molecular complexity index is 805. The van der Waals surface area contributed by atoms with Crippen LogP contribution in [0.4, 0.5) is 5.82 Å². The summed E-state index contributed by atoms with van der Waals surface area (Å²) in [6.45, 7) is 0.985. The number of unbranched alkanes of at least 4 members (excludes halogenated alkanes) is 5. The summed E-state index contributed by atoms with van der Waals surface area (Å²) in [5.74, 6) is -1.15. The number of anilines is 1. The fourth-order valence-electron chi connectivity index (χ4n) is 4.13. The Hall–Kier alpha value is -2.27. The number of pyridine rings is 1. The molecule has 5 unspecified atom stereocenters. The number of aliphatic hydroxyl groups is 3. The van der Waals surface area contributed by atoms with Crippen LogP contribution in [0, 0.1) is 0 Å². The molecule has 0 saturated carbocycles. The van der Waals surface area contributed by atoms with E-state index in [-0.39, 0.29) is 6.42 Å². The van der Waals surface area contributed by atoms with E-state index in [0.29, 0.717) is 6.42 Å². The van der Waals surface area contributed by atoms with Crippen LogP contribution < -0.4 is 5.32 Å². The van der Waals surface area contributed by atoms with Gasteiger partial charge in [-0.15, -0.1) is 0 Å². The van der Waals surface area contributed by atoms with E-state index >= 15 is 0 Å². The van der Waals surface area contributed by atoms with Gasteiger partial charge in [-0.25, -0.2) is 9.78 Å². The first-order valence-electron chi connectivity index (χ1n) is 11.7. The van der Waals surface area contributed by atoms with Crippen molar-refractivity contribution in [3.8, 4) is 0 Å². The number of carbonyl (C=O) groups is 2. The van der Waals surface area contributed by atoms with Gasteiger partial charge in [-0.3, -0.25) is 4.79 Å². The van der Waals surface area contributed by atoms with Crippen molar-refractivity contribution in [1.29, 1.82) is 0 Å². The minimum atomic E-state index is -1.81. The molecule has 2 aliphatic rings. The molecule has 0 bridgehead atoms. The second kappa shape index (κ2) is 12.3. The fourth-order valence-corrected chi connectivity index (χ4v) is 4.13. The van der Waals surface area contributed by atoms with Gasteiger partial charge >= 0.3 is 11.9 Å².